The van der Waals surface area contributed by atoms with Crippen LogP contribution in [0.2, 0.25) is 0 Å². The van der Waals surface area contributed by atoms with Gasteiger partial charge in [-0.25, -0.2) is 0 Å². The highest BCUT2D eigenvalue weighted by molar-refractivity contribution is 7.99. The summed E-state index contributed by atoms with van der Waals surface area (Å²) in [5, 5.41) is 4.18. The van der Waals surface area contributed by atoms with Gasteiger partial charge in [0, 0.05) is 23.2 Å². The van der Waals surface area contributed by atoms with Crippen LogP contribution in [-0.4, -0.2) is 18.3 Å². The number of hydrogen-bond acceptors (Lipinski definition) is 3. The summed E-state index contributed by atoms with van der Waals surface area (Å²) < 4.78 is 0. The van der Waals surface area contributed by atoms with Gasteiger partial charge >= 0.3 is 0 Å². The third-order valence-corrected chi connectivity index (χ3v) is 4.53. The van der Waals surface area contributed by atoms with E-state index in [1.54, 1.807) is 0 Å². The maximum absolute atomic E-state index is 5.77. The molecule has 1 fully saturated rings. The molecule has 18 heavy (non-hydrogen) atoms. The Kier molecular flexibility index (Phi) is 4.71. The van der Waals surface area contributed by atoms with Crippen molar-refractivity contribution >= 4 is 11.8 Å². The highest BCUT2D eigenvalue weighted by atomic mass is 32.2. The van der Waals surface area contributed by atoms with Crippen molar-refractivity contribution in [3.63, 3.8) is 0 Å². The van der Waals surface area contributed by atoms with Gasteiger partial charge < -0.3 is 11.1 Å². The lowest BCUT2D eigenvalue weighted by molar-refractivity contribution is 0.468. The van der Waals surface area contributed by atoms with Crippen LogP contribution in [0.25, 0.3) is 0 Å². The first-order valence-corrected chi connectivity index (χ1v) is 7.68. The fourth-order valence-corrected chi connectivity index (χ4v) is 2.90. The first-order valence-electron chi connectivity index (χ1n) is 6.80. The second-order valence-corrected chi connectivity index (χ2v) is 7.27. The predicted molar refractivity (Wildman–Crippen MR) is 79.9 cm³/mol. The van der Waals surface area contributed by atoms with Crippen LogP contribution in [0.3, 0.4) is 0 Å². The predicted octanol–water partition coefficient (Wildman–Crippen LogP) is 3.02. The first kappa shape index (κ1) is 13.9. The Morgan fingerprint density at radius 2 is 1.94 bits per heavy atom. The van der Waals surface area contributed by atoms with Gasteiger partial charge in [0.25, 0.3) is 0 Å². The van der Waals surface area contributed by atoms with E-state index in [9.17, 15) is 0 Å². The Morgan fingerprint density at radius 1 is 1.28 bits per heavy atom. The van der Waals surface area contributed by atoms with Crippen molar-refractivity contribution in [1.29, 1.82) is 0 Å². The molecule has 0 heterocycles. The molecule has 0 amide bonds. The second-order valence-electron chi connectivity index (χ2n) is 5.62. The van der Waals surface area contributed by atoms with Crippen LogP contribution in [0, 0.1) is 5.41 Å². The average molecular weight is 264 g/mol. The van der Waals surface area contributed by atoms with E-state index < -0.39 is 0 Å². The molecule has 2 rings (SSSR count). The summed E-state index contributed by atoms with van der Waals surface area (Å²) in [4.78, 5) is 1.36. The smallest absolute Gasteiger partial charge is 0.0205 e. The fraction of sp³-hybridized carbons (Fsp3) is 0.600. The topological polar surface area (TPSA) is 38.0 Å². The molecule has 1 aromatic carbocycles. The van der Waals surface area contributed by atoms with Crippen LogP contribution in [0.5, 0.6) is 0 Å². The van der Waals surface area contributed by atoms with Crippen molar-refractivity contribution in [2.75, 3.05) is 13.1 Å². The van der Waals surface area contributed by atoms with Crippen molar-refractivity contribution in [2.24, 2.45) is 11.1 Å². The maximum Gasteiger partial charge on any atom is 0.0205 e. The largest absolute Gasteiger partial charge is 0.330 e. The number of rotatable bonds is 7. The Bertz CT molecular complexity index is 369. The van der Waals surface area contributed by atoms with E-state index in [0.29, 0.717) is 10.7 Å². The molecular formula is C15H24N2S. The molecule has 0 bridgehead atoms. The lowest BCUT2D eigenvalue weighted by Gasteiger charge is -2.13. The average Bonchev–Trinajstić information content (AvgIpc) is 3.11. The summed E-state index contributed by atoms with van der Waals surface area (Å²) in [7, 11) is 0. The minimum absolute atomic E-state index is 0.424. The standard InChI is InChI=1S/C15H24N2S/c1-12(2)18-14-5-3-13(4-6-14)9-17-11-15(10-16)7-8-15/h3-6,12,17H,7-11,16H2,1-2H3. The molecule has 0 atom stereocenters. The maximum atomic E-state index is 5.77. The molecule has 0 unspecified atom stereocenters. The van der Waals surface area contributed by atoms with Gasteiger partial charge in [0.05, 0.1) is 0 Å². The molecule has 1 aliphatic rings. The number of hydrogen-bond donors (Lipinski definition) is 2. The van der Waals surface area contributed by atoms with Gasteiger partial charge in [-0.2, -0.15) is 0 Å². The molecule has 0 aliphatic heterocycles. The van der Waals surface area contributed by atoms with Gasteiger partial charge in [-0.15, -0.1) is 11.8 Å². The normalized spacial score (nSPS) is 17.1. The van der Waals surface area contributed by atoms with Crippen LogP contribution in [0.15, 0.2) is 29.2 Å². The molecule has 0 saturated heterocycles. The van der Waals surface area contributed by atoms with Crippen molar-refractivity contribution in [3.05, 3.63) is 29.8 Å². The van der Waals surface area contributed by atoms with Crippen LogP contribution in [0.4, 0.5) is 0 Å². The summed E-state index contributed by atoms with van der Waals surface area (Å²) in [5.74, 6) is 0. The first-order chi connectivity index (χ1) is 8.63. The third kappa shape index (κ3) is 4.01. The Labute approximate surface area is 115 Å². The molecule has 100 valence electrons. The minimum Gasteiger partial charge on any atom is -0.330 e. The summed E-state index contributed by atoms with van der Waals surface area (Å²) >= 11 is 1.91. The second kappa shape index (κ2) is 6.09. The molecular weight excluding hydrogens is 240 g/mol. The minimum atomic E-state index is 0.424. The van der Waals surface area contributed by atoms with Crippen molar-refractivity contribution in [2.45, 2.75) is 43.4 Å². The highest BCUT2D eigenvalue weighted by Gasteiger charge is 2.40. The Morgan fingerprint density at radius 3 is 2.44 bits per heavy atom. The van der Waals surface area contributed by atoms with Crippen LogP contribution < -0.4 is 11.1 Å². The van der Waals surface area contributed by atoms with Gasteiger partial charge in [-0.05, 0) is 42.5 Å². The molecule has 1 saturated carbocycles. The third-order valence-electron chi connectivity index (χ3n) is 3.51. The lowest BCUT2D eigenvalue weighted by atomic mass is 10.1. The van der Waals surface area contributed by atoms with Crippen LogP contribution in [-0.2, 0) is 6.54 Å². The van der Waals surface area contributed by atoms with Gasteiger partial charge in [0.15, 0.2) is 0 Å². The van der Waals surface area contributed by atoms with Crippen LogP contribution >= 0.6 is 11.8 Å². The van der Waals surface area contributed by atoms with E-state index in [0.717, 1.165) is 19.6 Å². The number of benzene rings is 1. The molecule has 0 spiro atoms. The van der Waals surface area contributed by atoms with Gasteiger partial charge in [-0.3, -0.25) is 0 Å². The number of nitrogens with one attached hydrogen (secondary N) is 1. The van der Waals surface area contributed by atoms with Crippen molar-refractivity contribution in [3.8, 4) is 0 Å². The summed E-state index contributed by atoms with van der Waals surface area (Å²) in [6.07, 6.45) is 2.58. The molecule has 0 radical (unpaired) electrons. The van der Waals surface area contributed by atoms with E-state index >= 15 is 0 Å². The summed E-state index contributed by atoms with van der Waals surface area (Å²) in [6, 6.07) is 8.88. The molecule has 1 aliphatic carbocycles. The fourth-order valence-electron chi connectivity index (χ4n) is 2.06. The van der Waals surface area contributed by atoms with E-state index in [1.165, 1.54) is 23.3 Å². The number of nitrogens with two attached hydrogens (primary N) is 1. The van der Waals surface area contributed by atoms with E-state index in [1.807, 2.05) is 11.8 Å². The molecule has 3 N–H and O–H groups in total. The quantitative estimate of drug-likeness (QED) is 0.744. The zero-order chi connectivity index (χ0) is 13.0. The Balaban J connectivity index is 1.76. The zero-order valence-electron chi connectivity index (χ0n) is 11.4. The van der Waals surface area contributed by atoms with Crippen molar-refractivity contribution < 1.29 is 0 Å². The SMILES string of the molecule is CC(C)Sc1ccc(CNCC2(CN)CC2)cc1. The molecule has 2 nitrogen and oxygen atoms in total. The lowest BCUT2D eigenvalue weighted by Crippen LogP contribution is -2.29. The summed E-state index contributed by atoms with van der Waals surface area (Å²) in [6.45, 7) is 7.29. The summed E-state index contributed by atoms with van der Waals surface area (Å²) in [5.41, 5.74) is 7.55. The van der Waals surface area contributed by atoms with Crippen LogP contribution in [0.1, 0.15) is 32.3 Å². The monoisotopic (exact) mass is 264 g/mol. The molecule has 3 heteroatoms. The highest BCUT2D eigenvalue weighted by Crippen LogP contribution is 2.43. The van der Waals surface area contributed by atoms with Gasteiger partial charge in [0.1, 0.15) is 0 Å². The molecule has 0 aromatic heterocycles. The Hall–Kier alpha value is -0.510. The van der Waals surface area contributed by atoms with Gasteiger partial charge in [-0.1, -0.05) is 26.0 Å². The zero-order valence-corrected chi connectivity index (χ0v) is 12.2. The van der Waals surface area contributed by atoms with Gasteiger partial charge in [0.2, 0.25) is 0 Å². The molecule has 1 aromatic rings. The van der Waals surface area contributed by atoms with Crippen molar-refractivity contribution in [1.82, 2.24) is 5.32 Å². The number of thioether (sulfide) groups is 1. The van der Waals surface area contributed by atoms with E-state index in [4.69, 9.17) is 5.73 Å². The van der Waals surface area contributed by atoms with E-state index in [2.05, 4.69) is 43.4 Å². The van der Waals surface area contributed by atoms with E-state index in [-0.39, 0.29) is 0 Å².